The number of methoxy groups -OCH3 is 1. The average Bonchev–Trinajstić information content (AvgIpc) is 2.85. The van der Waals surface area contributed by atoms with Crippen LogP contribution in [0, 0.1) is 0 Å². The summed E-state index contributed by atoms with van der Waals surface area (Å²) in [4.78, 5) is 5.24. The zero-order chi connectivity index (χ0) is 21.8. The summed E-state index contributed by atoms with van der Waals surface area (Å²) in [6, 6.07) is 38.9. The number of hydrogen-bond acceptors (Lipinski definition) is 2. The minimum atomic E-state index is -0.643. The maximum absolute atomic E-state index is 5.43. The number of aromatic nitrogens is 1. The van der Waals surface area contributed by atoms with Gasteiger partial charge >= 0.3 is 210 Å². The molecule has 0 N–H and O–H groups in total. The molecule has 1 aromatic heterocycles. The first-order valence-electron chi connectivity index (χ1n) is 10.3. The van der Waals surface area contributed by atoms with Crippen LogP contribution in [0.4, 0.5) is 0 Å². The van der Waals surface area contributed by atoms with Gasteiger partial charge in [-0.2, -0.15) is 0 Å². The molecule has 0 amide bonds. The standard InChI is InChI=1S/C28H21NOTe2/c1-30-21-18-16-20(17-19-21)26-27(31-22-10-4-2-5-11-22)24-14-8-9-15-25(24)29-28(26)32-23-12-6-3-7-13-23/h2-19H,1H3. The predicted octanol–water partition coefficient (Wildman–Crippen LogP) is 3.22. The van der Waals surface area contributed by atoms with Gasteiger partial charge in [0.25, 0.3) is 0 Å². The van der Waals surface area contributed by atoms with Crippen LogP contribution in [0.5, 0.6) is 5.75 Å². The molecular formula is C28H21NOTe2. The van der Waals surface area contributed by atoms with Gasteiger partial charge in [-0.25, -0.2) is 0 Å². The molecule has 0 radical (unpaired) electrons. The van der Waals surface area contributed by atoms with Gasteiger partial charge in [0.1, 0.15) is 0 Å². The van der Waals surface area contributed by atoms with Crippen LogP contribution in [0.2, 0.25) is 0 Å². The van der Waals surface area contributed by atoms with Crippen molar-refractivity contribution < 1.29 is 4.74 Å². The molecule has 0 bridgehead atoms. The number of pyridine rings is 1. The first kappa shape index (κ1) is 21.5. The molecular weight excluding hydrogens is 622 g/mol. The third-order valence-corrected chi connectivity index (χ3v) is 11.2. The zero-order valence-electron chi connectivity index (χ0n) is 17.6. The van der Waals surface area contributed by atoms with Crippen LogP contribution in [0.3, 0.4) is 0 Å². The van der Waals surface area contributed by atoms with E-state index in [2.05, 4.69) is 109 Å². The monoisotopic (exact) mass is 647 g/mol. The summed E-state index contributed by atoms with van der Waals surface area (Å²) in [6.45, 7) is 0. The van der Waals surface area contributed by atoms with Crippen LogP contribution in [-0.4, -0.2) is 53.9 Å². The fourth-order valence-electron chi connectivity index (χ4n) is 3.56. The number of benzene rings is 4. The van der Waals surface area contributed by atoms with E-state index < -0.39 is 41.8 Å². The Morgan fingerprint density at radius 2 is 1.22 bits per heavy atom. The van der Waals surface area contributed by atoms with E-state index in [4.69, 9.17) is 9.72 Å². The molecule has 0 spiro atoms. The van der Waals surface area contributed by atoms with Gasteiger partial charge in [0, 0.05) is 0 Å². The molecule has 0 aliphatic heterocycles. The molecule has 5 rings (SSSR count). The fraction of sp³-hybridized carbons (Fsp3) is 0.0357. The molecule has 2 nitrogen and oxygen atoms in total. The summed E-state index contributed by atoms with van der Waals surface area (Å²) >= 11 is -1.25. The van der Waals surface area contributed by atoms with Crippen molar-refractivity contribution in [2.45, 2.75) is 0 Å². The first-order valence-corrected chi connectivity index (χ1v) is 15.0. The molecule has 156 valence electrons. The summed E-state index contributed by atoms with van der Waals surface area (Å²) in [6.07, 6.45) is 0. The van der Waals surface area contributed by atoms with Gasteiger partial charge in [0.15, 0.2) is 0 Å². The Morgan fingerprint density at radius 3 is 1.88 bits per heavy atom. The topological polar surface area (TPSA) is 22.1 Å². The predicted molar refractivity (Wildman–Crippen MR) is 137 cm³/mol. The van der Waals surface area contributed by atoms with Crippen LogP contribution in [0.25, 0.3) is 22.0 Å². The molecule has 0 atom stereocenters. The number of ether oxygens (including phenoxy) is 1. The van der Waals surface area contributed by atoms with E-state index in [1.807, 2.05) is 0 Å². The Bertz CT molecular complexity index is 1340. The number of nitrogens with zero attached hydrogens (tertiary/aromatic N) is 1. The molecule has 4 heteroatoms. The van der Waals surface area contributed by atoms with Crippen molar-refractivity contribution in [1.29, 1.82) is 0 Å². The second-order valence-electron chi connectivity index (χ2n) is 7.20. The summed E-state index contributed by atoms with van der Waals surface area (Å²) in [7, 11) is 1.72. The van der Waals surface area contributed by atoms with Gasteiger partial charge in [-0.15, -0.1) is 0 Å². The second-order valence-corrected chi connectivity index (χ2v) is 13.3. The molecule has 4 aromatic carbocycles. The van der Waals surface area contributed by atoms with Crippen LogP contribution in [-0.2, 0) is 0 Å². The van der Waals surface area contributed by atoms with Crippen molar-refractivity contribution in [3.8, 4) is 16.9 Å². The molecule has 5 aromatic rings. The summed E-state index contributed by atoms with van der Waals surface area (Å²) in [5, 5.41) is 1.29. The van der Waals surface area contributed by atoms with Crippen LogP contribution in [0.1, 0.15) is 0 Å². The summed E-state index contributed by atoms with van der Waals surface area (Å²) < 4.78 is 11.0. The Kier molecular flexibility index (Phi) is 6.77. The Morgan fingerprint density at radius 1 is 0.625 bits per heavy atom. The number of rotatable bonds is 6. The Hall–Kier alpha value is -2.33. The average molecular weight is 643 g/mol. The van der Waals surface area contributed by atoms with E-state index >= 15 is 0 Å². The second kappa shape index (κ2) is 10.1. The molecule has 0 aliphatic carbocycles. The number of hydrogen-bond donors (Lipinski definition) is 0. The van der Waals surface area contributed by atoms with E-state index in [9.17, 15) is 0 Å². The molecule has 0 fully saturated rings. The van der Waals surface area contributed by atoms with Crippen LogP contribution in [0.15, 0.2) is 109 Å². The van der Waals surface area contributed by atoms with Gasteiger partial charge in [-0.3, -0.25) is 0 Å². The maximum atomic E-state index is 5.43. The van der Waals surface area contributed by atoms with Gasteiger partial charge < -0.3 is 0 Å². The van der Waals surface area contributed by atoms with Crippen LogP contribution < -0.4 is 19.3 Å². The molecule has 1 heterocycles. The van der Waals surface area contributed by atoms with Crippen molar-refractivity contribution in [3.63, 3.8) is 0 Å². The van der Waals surface area contributed by atoms with E-state index in [0.29, 0.717) is 0 Å². The van der Waals surface area contributed by atoms with E-state index in [-0.39, 0.29) is 0 Å². The van der Waals surface area contributed by atoms with Crippen molar-refractivity contribution in [3.05, 3.63) is 109 Å². The van der Waals surface area contributed by atoms with E-state index in [1.54, 1.807) is 7.11 Å². The van der Waals surface area contributed by atoms with Crippen molar-refractivity contribution >= 4 is 67.3 Å². The number of fused-ring (bicyclic) bond motifs is 1. The van der Waals surface area contributed by atoms with Gasteiger partial charge in [-0.1, -0.05) is 0 Å². The quantitative estimate of drug-likeness (QED) is 0.266. The Balaban J connectivity index is 1.76. The van der Waals surface area contributed by atoms with Crippen molar-refractivity contribution in [2.24, 2.45) is 0 Å². The normalized spacial score (nSPS) is 10.9. The number of para-hydroxylation sites is 1. The van der Waals surface area contributed by atoms with Gasteiger partial charge in [0.05, 0.1) is 0 Å². The molecule has 0 unspecified atom stereocenters. The van der Waals surface area contributed by atoms with Gasteiger partial charge in [0.2, 0.25) is 0 Å². The SMILES string of the molecule is COc1ccc(-c2c([Te]c3ccccc3)nc3ccccc3c2[Te]c2ccccc2)cc1. The van der Waals surface area contributed by atoms with Crippen molar-refractivity contribution in [2.75, 3.05) is 7.11 Å². The third-order valence-electron chi connectivity index (χ3n) is 5.11. The molecule has 32 heavy (non-hydrogen) atoms. The first-order chi connectivity index (χ1) is 15.8. The fourth-order valence-corrected chi connectivity index (χ4v) is 10.2. The van der Waals surface area contributed by atoms with E-state index in [0.717, 1.165) is 11.3 Å². The summed E-state index contributed by atoms with van der Waals surface area (Å²) in [5.41, 5.74) is 3.68. The minimum absolute atomic E-state index is 0.604. The van der Waals surface area contributed by atoms with E-state index in [1.165, 1.54) is 31.1 Å². The van der Waals surface area contributed by atoms with Crippen molar-refractivity contribution in [1.82, 2.24) is 4.98 Å². The molecule has 0 saturated carbocycles. The zero-order valence-corrected chi connectivity index (χ0v) is 22.2. The third kappa shape index (κ3) is 4.71. The Labute approximate surface area is 208 Å². The molecule has 0 saturated heterocycles. The summed E-state index contributed by atoms with van der Waals surface area (Å²) in [5.74, 6) is 0.879. The van der Waals surface area contributed by atoms with Crippen LogP contribution >= 0.6 is 0 Å². The van der Waals surface area contributed by atoms with Gasteiger partial charge in [-0.05, 0) is 0 Å². The molecule has 0 aliphatic rings.